The molecule has 1 aromatic carbocycles. The summed E-state index contributed by atoms with van der Waals surface area (Å²) in [5.74, 6) is -5.92. The number of benzene rings is 1. The highest BCUT2D eigenvalue weighted by atomic mass is 19.4. The fraction of sp³-hybridized carbons (Fsp3) is 0.600. The Hall–Kier alpha value is -2.30. The number of piperidine rings is 1. The van der Waals surface area contributed by atoms with E-state index >= 15 is 0 Å². The quantitative estimate of drug-likeness (QED) is 0.558. The number of hydrogen-bond donors (Lipinski definition) is 1. The third-order valence-electron chi connectivity index (χ3n) is 5.30. The second kappa shape index (κ2) is 10.8. The van der Waals surface area contributed by atoms with Gasteiger partial charge in [0, 0.05) is 25.2 Å². The van der Waals surface area contributed by atoms with Gasteiger partial charge in [0.25, 0.3) is 0 Å². The van der Waals surface area contributed by atoms with Gasteiger partial charge in [0.2, 0.25) is 5.91 Å². The molecule has 31 heavy (non-hydrogen) atoms. The van der Waals surface area contributed by atoms with Gasteiger partial charge in [-0.2, -0.15) is 13.2 Å². The molecular weight excluding hydrogens is 430 g/mol. The van der Waals surface area contributed by atoms with Crippen molar-refractivity contribution in [1.29, 1.82) is 0 Å². The van der Waals surface area contributed by atoms with Gasteiger partial charge in [-0.15, -0.1) is 0 Å². The van der Waals surface area contributed by atoms with Gasteiger partial charge in [-0.3, -0.25) is 4.79 Å². The van der Waals surface area contributed by atoms with Gasteiger partial charge in [-0.05, 0) is 56.8 Å². The maximum Gasteiger partial charge on any atom is 0.490 e. The Balaban J connectivity index is 0.000000423. The zero-order valence-electron chi connectivity index (χ0n) is 16.7. The van der Waals surface area contributed by atoms with Crippen LogP contribution in [0.4, 0.5) is 26.3 Å². The number of carbonyl (C=O) groups is 2. The first-order chi connectivity index (χ1) is 14.5. The van der Waals surface area contributed by atoms with E-state index < -0.39 is 41.6 Å². The molecule has 5 nitrogen and oxygen atoms in total. The summed E-state index contributed by atoms with van der Waals surface area (Å²) in [5.41, 5.74) is -0.471. The molecule has 2 fully saturated rings. The second-order valence-corrected chi connectivity index (χ2v) is 7.66. The Morgan fingerprint density at radius 1 is 1.00 bits per heavy atom. The lowest BCUT2D eigenvalue weighted by molar-refractivity contribution is -0.192. The van der Waals surface area contributed by atoms with Gasteiger partial charge in [0.15, 0.2) is 11.6 Å². The maximum absolute atomic E-state index is 13.7. The number of rotatable bonds is 4. The summed E-state index contributed by atoms with van der Waals surface area (Å²) in [4.78, 5) is 25.4. The van der Waals surface area contributed by atoms with Crippen LogP contribution in [-0.4, -0.2) is 65.7 Å². The minimum absolute atomic E-state index is 0.329. The molecule has 0 radical (unpaired) electrons. The Labute approximate surface area is 175 Å². The second-order valence-electron chi connectivity index (χ2n) is 7.66. The highest BCUT2D eigenvalue weighted by Gasteiger charge is 2.38. The van der Waals surface area contributed by atoms with E-state index in [1.807, 2.05) is 0 Å². The van der Waals surface area contributed by atoms with Crippen molar-refractivity contribution in [3.05, 3.63) is 35.1 Å². The van der Waals surface area contributed by atoms with Crippen molar-refractivity contribution in [3.63, 3.8) is 0 Å². The summed E-state index contributed by atoms with van der Waals surface area (Å²) >= 11 is 0. The molecule has 3 rings (SSSR count). The lowest BCUT2D eigenvalue weighted by Gasteiger charge is -2.34. The van der Waals surface area contributed by atoms with Crippen LogP contribution in [0.1, 0.15) is 31.2 Å². The molecule has 0 aromatic heterocycles. The fourth-order valence-corrected chi connectivity index (χ4v) is 3.77. The molecule has 2 aliphatic heterocycles. The number of nitrogens with zero attached hydrogens (tertiary/aromatic N) is 2. The standard InChI is InChI=1S/C18H23F3N2O.C2HF3O2/c19-15-5-6-16(20)18(21)14(15)10-17(24)23-9-3-4-13(12-23)11-22-7-1-2-8-22;3-2(4,5)1(6)7/h5-6,13H,1-4,7-12H2;(H,6,7). The fourth-order valence-electron chi connectivity index (χ4n) is 3.77. The van der Waals surface area contributed by atoms with E-state index in [1.165, 1.54) is 12.8 Å². The topological polar surface area (TPSA) is 60.9 Å². The van der Waals surface area contributed by atoms with E-state index in [9.17, 15) is 31.1 Å². The first kappa shape index (κ1) is 25.0. The highest BCUT2D eigenvalue weighted by Crippen LogP contribution is 2.22. The highest BCUT2D eigenvalue weighted by molar-refractivity contribution is 5.79. The summed E-state index contributed by atoms with van der Waals surface area (Å²) < 4.78 is 72.5. The summed E-state index contributed by atoms with van der Waals surface area (Å²) in [6, 6.07) is 1.61. The summed E-state index contributed by atoms with van der Waals surface area (Å²) in [6.07, 6.45) is -1.08. The number of carboxylic acid groups (broad SMARTS) is 1. The van der Waals surface area contributed by atoms with Crippen LogP contribution in [-0.2, 0) is 16.0 Å². The van der Waals surface area contributed by atoms with Crippen LogP contribution in [0.5, 0.6) is 0 Å². The van der Waals surface area contributed by atoms with Crippen molar-refractivity contribution < 1.29 is 41.0 Å². The van der Waals surface area contributed by atoms with Gasteiger partial charge < -0.3 is 14.9 Å². The molecule has 2 saturated heterocycles. The average Bonchev–Trinajstić information content (AvgIpc) is 3.21. The van der Waals surface area contributed by atoms with Crippen LogP contribution in [0, 0.1) is 23.4 Å². The molecule has 2 aliphatic rings. The van der Waals surface area contributed by atoms with Gasteiger partial charge >= 0.3 is 12.1 Å². The molecule has 11 heteroatoms. The number of likely N-dealkylation sites (tertiary alicyclic amines) is 2. The van der Waals surface area contributed by atoms with E-state index in [4.69, 9.17) is 9.90 Å². The molecule has 1 N–H and O–H groups in total. The molecule has 1 atom stereocenters. The normalized spacial score (nSPS) is 19.7. The molecule has 1 amide bonds. The lowest BCUT2D eigenvalue weighted by Crippen LogP contribution is -2.44. The van der Waals surface area contributed by atoms with Crippen LogP contribution in [0.25, 0.3) is 0 Å². The molecule has 0 bridgehead atoms. The van der Waals surface area contributed by atoms with Crippen LogP contribution in [0.3, 0.4) is 0 Å². The summed E-state index contributed by atoms with van der Waals surface area (Å²) in [6.45, 7) is 4.43. The van der Waals surface area contributed by atoms with Crippen molar-refractivity contribution >= 4 is 11.9 Å². The third-order valence-corrected chi connectivity index (χ3v) is 5.30. The number of carboxylic acids is 1. The molecule has 1 aromatic rings. The molecule has 0 spiro atoms. The lowest BCUT2D eigenvalue weighted by atomic mass is 9.96. The van der Waals surface area contributed by atoms with Gasteiger partial charge in [0.1, 0.15) is 5.82 Å². The number of hydrogen-bond acceptors (Lipinski definition) is 3. The maximum atomic E-state index is 13.7. The van der Waals surface area contributed by atoms with E-state index in [0.717, 1.165) is 44.6 Å². The van der Waals surface area contributed by atoms with Crippen molar-refractivity contribution in [3.8, 4) is 0 Å². The van der Waals surface area contributed by atoms with Gasteiger partial charge in [-0.1, -0.05) is 0 Å². The average molecular weight is 454 g/mol. The SMILES string of the molecule is O=C(Cc1c(F)ccc(F)c1F)N1CCCC(CN2CCCC2)C1.O=C(O)C(F)(F)F. The number of aliphatic carboxylic acids is 1. The molecule has 0 saturated carbocycles. The van der Waals surface area contributed by atoms with E-state index in [0.29, 0.717) is 19.0 Å². The Morgan fingerprint density at radius 3 is 2.16 bits per heavy atom. The molecule has 2 heterocycles. The zero-order valence-corrected chi connectivity index (χ0v) is 16.7. The molecular formula is C20H24F6N2O3. The van der Waals surface area contributed by atoms with Crippen LogP contribution >= 0.6 is 0 Å². The van der Waals surface area contributed by atoms with Crippen molar-refractivity contribution in [2.75, 3.05) is 32.7 Å². The molecule has 174 valence electrons. The first-order valence-corrected chi connectivity index (χ1v) is 9.91. The summed E-state index contributed by atoms with van der Waals surface area (Å²) in [5, 5.41) is 7.12. The third kappa shape index (κ3) is 7.41. The Bertz CT molecular complexity index is 781. The summed E-state index contributed by atoms with van der Waals surface area (Å²) in [7, 11) is 0. The van der Waals surface area contributed by atoms with Crippen molar-refractivity contribution in [2.45, 2.75) is 38.3 Å². The van der Waals surface area contributed by atoms with Crippen LogP contribution in [0.2, 0.25) is 0 Å². The zero-order chi connectivity index (χ0) is 23.2. The Kier molecular flexibility index (Phi) is 8.72. The Morgan fingerprint density at radius 2 is 1.58 bits per heavy atom. The number of carbonyl (C=O) groups excluding carboxylic acids is 1. The minimum atomic E-state index is -5.08. The van der Waals surface area contributed by atoms with Gasteiger partial charge in [-0.25, -0.2) is 18.0 Å². The van der Waals surface area contributed by atoms with E-state index in [2.05, 4.69) is 4.90 Å². The number of halogens is 6. The van der Waals surface area contributed by atoms with Crippen molar-refractivity contribution in [2.24, 2.45) is 5.92 Å². The predicted octanol–water partition coefficient (Wildman–Crippen LogP) is 3.61. The number of amides is 1. The van der Waals surface area contributed by atoms with E-state index in [-0.39, 0.29) is 5.91 Å². The van der Waals surface area contributed by atoms with Crippen LogP contribution in [0.15, 0.2) is 12.1 Å². The number of alkyl halides is 3. The predicted molar refractivity (Wildman–Crippen MR) is 98.7 cm³/mol. The van der Waals surface area contributed by atoms with Crippen molar-refractivity contribution in [1.82, 2.24) is 9.80 Å². The smallest absolute Gasteiger partial charge is 0.475 e. The van der Waals surface area contributed by atoms with Crippen LogP contribution < -0.4 is 0 Å². The monoisotopic (exact) mass is 454 g/mol. The van der Waals surface area contributed by atoms with Gasteiger partial charge in [0.05, 0.1) is 6.42 Å². The molecule has 1 unspecified atom stereocenters. The minimum Gasteiger partial charge on any atom is -0.475 e. The van der Waals surface area contributed by atoms with E-state index in [1.54, 1.807) is 4.90 Å². The first-order valence-electron chi connectivity index (χ1n) is 9.91. The largest absolute Gasteiger partial charge is 0.490 e. The molecule has 0 aliphatic carbocycles.